The lowest BCUT2D eigenvalue weighted by atomic mass is 10.1. The lowest BCUT2D eigenvalue weighted by molar-refractivity contribution is 0.0691. The van der Waals surface area contributed by atoms with Gasteiger partial charge in [-0.3, -0.25) is 10.1 Å². The van der Waals surface area contributed by atoms with Crippen molar-refractivity contribution in [3.05, 3.63) is 46.7 Å². The summed E-state index contributed by atoms with van der Waals surface area (Å²) in [5, 5.41) is 14.6. The Labute approximate surface area is 111 Å². The molecule has 0 saturated heterocycles. The van der Waals surface area contributed by atoms with Crippen LogP contribution in [0.1, 0.15) is 26.4 Å². The third-order valence-corrected chi connectivity index (χ3v) is 2.40. The topological polar surface area (TPSA) is 92.4 Å². The minimum atomic E-state index is -1.55. The molecule has 0 radical (unpaired) electrons. The molecule has 0 atom stereocenters. The van der Waals surface area contributed by atoms with E-state index in [9.17, 15) is 18.4 Å². The maximum Gasteiger partial charge on any atom is 0.336 e. The van der Waals surface area contributed by atoms with Gasteiger partial charge in [0, 0.05) is 6.07 Å². The van der Waals surface area contributed by atoms with E-state index in [-0.39, 0.29) is 5.88 Å². The molecule has 20 heavy (non-hydrogen) atoms. The molecule has 1 aromatic carbocycles. The van der Waals surface area contributed by atoms with Crippen LogP contribution in [0.4, 0.5) is 14.7 Å². The molecule has 0 bridgehead atoms. The number of aromatic nitrogens is 1. The van der Waals surface area contributed by atoms with Crippen LogP contribution >= 0.6 is 0 Å². The van der Waals surface area contributed by atoms with Crippen LogP contribution in [0, 0.1) is 18.6 Å². The molecule has 0 fully saturated rings. The van der Waals surface area contributed by atoms with Gasteiger partial charge in [-0.25, -0.2) is 13.6 Å². The van der Waals surface area contributed by atoms with Gasteiger partial charge in [-0.05, 0) is 19.1 Å². The number of benzene rings is 1. The van der Waals surface area contributed by atoms with Crippen LogP contribution < -0.4 is 5.32 Å². The molecule has 0 aliphatic carbocycles. The van der Waals surface area contributed by atoms with Gasteiger partial charge in [-0.1, -0.05) is 5.16 Å². The van der Waals surface area contributed by atoms with E-state index in [2.05, 4.69) is 10.5 Å². The smallest absolute Gasteiger partial charge is 0.336 e. The molecule has 1 heterocycles. The number of nitrogens with one attached hydrogen (secondary N) is 1. The number of halogens is 2. The fourth-order valence-electron chi connectivity index (χ4n) is 1.51. The monoisotopic (exact) mass is 282 g/mol. The number of carbonyl (C=O) groups excluding carboxylic acids is 1. The fourth-order valence-corrected chi connectivity index (χ4v) is 1.51. The molecule has 104 valence electrons. The zero-order valence-corrected chi connectivity index (χ0v) is 10.1. The summed E-state index contributed by atoms with van der Waals surface area (Å²) in [6, 6.07) is 2.34. The van der Waals surface area contributed by atoms with Crippen molar-refractivity contribution in [1.82, 2.24) is 5.16 Å². The van der Waals surface area contributed by atoms with E-state index in [1.165, 1.54) is 6.07 Å². The number of nitrogens with zero attached hydrogens (tertiary/aromatic N) is 1. The largest absolute Gasteiger partial charge is 0.478 e. The van der Waals surface area contributed by atoms with E-state index < -0.39 is 34.6 Å². The average molecular weight is 282 g/mol. The van der Waals surface area contributed by atoms with Gasteiger partial charge >= 0.3 is 5.97 Å². The van der Waals surface area contributed by atoms with Crippen LogP contribution in [0.2, 0.25) is 0 Å². The third-order valence-electron chi connectivity index (χ3n) is 2.40. The Hall–Kier alpha value is -2.77. The molecule has 1 aromatic heterocycles. The maximum atomic E-state index is 13.1. The minimum absolute atomic E-state index is 0.0337. The van der Waals surface area contributed by atoms with Crippen LogP contribution in [0.25, 0.3) is 0 Å². The number of anilines is 1. The second kappa shape index (κ2) is 5.08. The zero-order chi connectivity index (χ0) is 14.9. The predicted octanol–water partition coefficient (Wildman–Crippen LogP) is 2.21. The lowest BCUT2D eigenvalue weighted by Gasteiger charge is -2.06. The normalized spacial score (nSPS) is 10.3. The van der Waals surface area contributed by atoms with Gasteiger partial charge < -0.3 is 9.63 Å². The second-order valence-electron chi connectivity index (χ2n) is 3.90. The number of hydrogen-bond donors (Lipinski definition) is 2. The fraction of sp³-hybridized carbons (Fsp3) is 0.0833. The SMILES string of the molecule is Cc1cc(NC(=O)c2cc(F)c(F)cc2C(=O)O)on1. The first-order valence-electron chi connectivity index (χ1n) is 5.35. The molecule has 0 aliphatic heterocycles. The molecule has 6 nitrogen and oxygen atoms in total. The van der Waals surface area contributed by atoms with Crippen molar-refractivity contribution < 1.29 is 28.0 Å². The third kappa shape index (κ3) is 2.63. The number of aryl methyl sites for hydroxylation is 1. The highest BCUT2D eigenvalue weighted by Crippen LogP contribution is 2.18. The standard InChI is InChI=1S/C12H8F2N2O4/c1-5-2-10(20-16-5)15-11(17)6-3-8(13)9(14)4-7(6)12(18)19/h2-4H,1H3,(H,15,17)(H,18,19). The summed E-state index contributed by atoms with van der Waals surface area (Å²) < 4.78 is 30.9. The average Bonchev–Trinajstić information content (AvgIpc) is 2.77. The summed E-state index contributed by atoms with van der Waals surface area (Å²) in [7, 11) is 0. The maximum absolute atomic E-state index is 13.1. The summed E-state index contributed by atoms with van der Waals surface area (Å²) in [4.78, 5) is 22.8. The first-order valence-corrected chi connectivity index (χ1v) is 5.35. The van der Waals surface area contributed by atoms with E-state index in [1.54, 1.807) is 6.92 Å². The first kappa shape index (κ1) is 13.7. The first-order chi connectivity index (χ1) is 9.38. The molecule has 8 heteroatoms. The number of hydrogen-bond acceptors (Lipinski definition) is 4. The van der Waals surface area contributed by atoms with Gasteiger partial charge in [0.1, 0.15) is 0 Å². The molecular formula is C12H8F2N2O4. The molecule has 2 aromatic rings. The zero-order valence-electron chi connectivity index (χ0n) is 10.1. The van der Waals surface area contributed by atoms with E-state index in [0.717, 1.165) is 0 Å². The van der Waals surface area contributed by atoms with Crippen LogP contribution in [0.3, 0.4) is 0 Å². The highest BCUT2D eigenvalue weighted by Gasteiger charge is 2.21. The van der Waals surface area contributed by atoms with E-state index in [4.69, 9.17) is 9.63 Å². The number of carboxylic acid groups (broad SMARTS) is 1. The van der Waals surface area contributed by atoms with Crippen molar-refractivity contribution in [3.8, 4) is 0 Å². The van der Waals surface area contributed by atoms with Crippen molar-refractivity contribution in [2.45, 2.75) is 6.92 Å². The highest BCUT2D eigenvalue weighted by molar-refractivity contribution is 6.10. The van der Waals surface area contributed by atoms with Crippen molar-refractivity contribution in [3.63, 3.8) is 0 Å². The number of carboxylic acids is 1. The van der Waals surface area contributed by atoms with E-state index in [1.807, 2.05) is 0 Å². The molecular weight excluding hydrogens is 274 g/mol. The predicted molar refractivity (Wildman–Crippen MR) is 62.5 cm³/mol. The van der Waals surface area contributed by atoms with Crippen molar-refractivity contribution >= 4 is 17.8 Å². The van der Waals surface area contributed by atoms with Gasteiger partial charge in [-0.2, -0.15) is 0 Å². The molecule has 0 spiro atoms. The molecule has 2 N–H and O–H groups in total. The molecule has 0 aliphatic rings. The van der Waals surface area contributed by atoms with Crippen LogP contribution in [0.15, 0.2) is 22.7 Å². The Kier molecular flexibility index (Phi) is 3.47. The van der Waals surface area contributed by atoms with Crippen molar-refractivity contribution in [2.24, 2.45) is 0 Å². The number of carbonyl (C=O) groups is 2. The highest BCUT2D eigenvalue weighted by atomic mass is 19.2. The van der Waals surface area contributed by atoms with Crippen molar-refractivity contribution in [1.29, 1.82) is 0 Å². The summed E-state index contributed by atoms with van der Waals surface area (Å²) in [5.41, 5.74) is -0.688. The number of rotatable bonds is 3. The van der Waals surface area contributed by atoms with Gasteiger partial charge in [0.05, 0.1) is 16.8 Å². The quantitative estimate of drug-likeness (QED) is 0.900. The van der Waals surface area contributed by atoms with Gasteiger partial charge in [0.15, 0.2) is 11.6 Å². The van der Waals surface area contributed by atoms with Gasteiger partial charge in [0.25, 0.3) is 5.91 Å². The van der Waals surface area contributed by atoms with Crippen LogP contribution in [-0.4, -0.2) is 22.1 Å². The summed E-state index contributed by atoms with van der Waals surface area (Å²) >= 11 is 0. The lowest BCUT2D eigenvalue weighted by Crippen LogP contribution is -2.17. The Balaban J connectivity index is 2.38. The molecule has 2 rings (SSSR count). The van der Waals surface area contributed by atoms with Crippen molar-refractivity contribution in [2.75, 3.05) is 5.32 Å². The van der Waals surface area contributed by atoms with Gasteiger partial charge in [0.2, 0.25) is 5.88 Å². The Morgan fingerprint density at radius 2 is 1.80 bits per heavy atom. The van der Waals surface area contributed by atoms with Crippen LogP contribution in [0.5, 0.6) is 0 Å². The number of aromatic carboxylic acids is 1. The molecule has 0 saturated carbocycles. The molecule has 0 unspecified atom stereocenters. The molecule has 1 amide bonds. The summed E-state index contributed by atoms with van der Waals surface area (Å²) in [5.74, 6) is -5.21. The van der Waals surface area contributed by atoms with E-state index in [0.29, 0.717) is 17.8 Å². The van der Waals surface area contributed by atoms with Crippen LogP contribution in [-0.2, 0) is 0 Å². The summed E-state index contributed by atoms with van der Waals surface area (Å²) in [6.45, 7) is 1.61. The number of amides is 1. The summed E-state index contributed by atoms with van der Waals surface area (Å²) in [6.07, 6.45) is 0. The Morgan fingerprint density at radius 1 is 1.20 bits per heavy atom. The van der Waals surface area contributed by atoms with E-state index >= 15 is 0 Å². The Morgan fingerprint density at radius 3 is 2.30 bits per heavy atom. The Bertz CT molecular complexity index is 697. The second-order valence-corrected chi connectivity index (χ2v) is 3.90. The minimum Gasteiger partial charge on any atom is -0.478 e. The van der Waals surface area contributed by atoms with Gasteiger partial charge in [-0.15, -0.1) is 0 Å².